The third-order valence-electron chi connectivity index (χ3n) is 3.44. The van der Waals surface area contributed by atoms with Gasteiger partial charge in [0.1, 0.15) is 0 Å². The summed E-state index contributed by atoms with van der Waals surface area (Å²) in [5.74, 6) is -0.424. The van der Waals surface area contributed by atoms with Crippen molar-refractivity contribution in [1.29, 1.82) is 0 Å². The SMILES string of the molecule is CSCCN(C)C(=O)C1CC(C)CC1C(=O)O. The fourth-order valence-corrected chi connectivity index (χ4v) is 2.92. The first kappa shape index (κ1) is 14.4. The predicted octanol–water partition coefficient (Wildman–Crippen LogP) is 1.55. The van der Waals surface area contributed by atoms with Crippen molar-refractivity contribution in [2.75, 3.05) is 25.6 Å². The molecule has 1 aliphatic rings. The molecule has 1 rings (SSSR count). The van der Waals surface area contributed by atoms with Crippen molar-refractivity contribution < 1.29 is 14.7 Å². The Kier molecular flexibility index (Phi) is 5.31. The molecule has 0 saturated heterocycles. The van der Waals surface area contributed by atoms with Gasteiger partial charge in [-0.15, -0.1) is 0 Å². The van der Waals surface area contributed by atoms with Gasteiger partial charge in [-0.25, -0.2) is 0 Å². The van der Waals surface area contributed by atoms with Crippen LogP contribution in [0.3, 0.4) is 0 Å². The highest BCUT2D eigenvalue weighted by atomic mass is 32.2. The Bertz CT molecular complexity index is 295. The molecule has 98 valence electrons. The average molecular weight is 259 g/mol. The van der Waals surface area contributed by atoms with Gasteiger partial charge >= 0.3 is 5.97 Å². The Labute approximate surface area is 107 Å². The first-order valence-corrected chi connectivity index (χ1v) is 7.33. The van der Waals surface area contributed by atoms with E-state index in [2.05, 4.69) is 0 Å². The second-order valence-electron chi connectivity index (χ2n) is 4.88. The smallest absolute Gasteiger partial charge is 0.307 e. The summed E-state index contributed by atoms with van der Waals surface area (Å²) in [4.78, 5) is 25.0. The standard InChI is InChI=1S/C12H21NO3S/c1-8-6-9(10(7-8)12(15)16)11(14)13(2)4-5-17-3/h8-10H,4-7H2,1-3H3,(H,15,16). The molecule has 17 heavy (non-hydrogen) atoms. The fraction of sp³-hybridized carbons (Fsp3) is 0.833. The van der Waals surface area contributed by atoms with Crippen molar-refractivity contribution in [2.24, 2.45) is 17.8 Å². The van der Waals surface area contributed by atoms with Crippen LogP contribution in [-0.4, -0.2) is 47.5 Å². The monoisotopic (exact) mass is 259 g/mol. The number of carboxylic acid groups (broad SMARTS) is 1. The molecule has 0 aromatic carbocycles. The molecule has 1 N–H and O–H groups in total. The maximum absolute atomic E-state index is 12.2. The van der Waals surface area contributed by atoms with Gasteiger partial charge in [0.05, 0.1) is 11.8 Å². The van der Waals surface area contributed by atoms with Gasteiger partial charge in [0.2, 0.25) is 5.91 Å². The molecule has 1 fully saturated rings. The zero-order valence-electron chi connectivity index (χ0n) is 10.7. The van der Waals surface area contributed by atoms with Crippen LogP contribution in [0, 0.1) is 17.8 Å². The molecule has 0 aliphatic heterocycles. The van der Waals surface area contributed by atoms with Crippen LogP contribution in [0.2, 0.25) is 0 Å². The normalized spacial score (nSPS) is 28.1. The predicted molar refractivity (Wildman–Crippen MR) is 69.0 cm³/mol. The summed E-state index contributed by atoms with van der Waals surface area (Å²) in [5.41, 5.74) is 0. The lowest BCUT2D eigenvalue weighted by Crippen LogP contribution is -2.37. The van der Waals surface area contributed by atoms with Crippen molar-refractivity contribution in [3.05, 3.63) is 0 Å². The number of carboxylic acids is 1. The van der Waals surface area contributed by atoms with Crippen LogP contribution in [0.4, 0.5) is 0 Å². The molecular formula is C12H21NO3S. The highest BCUT2D eigenvalue weighted by Crippen LogP contribution is 2.37. The van der Waals surface area contributed by atoms with E-state index in [0.29, 0.717) is 25.3 Å². The van der Waals surface area contributed by atoms with E-state index in [0.717, 1.165) is 5.75 Å². The van der Waals surface area contributed by atoms with Crippen molar-refractivity contribution in [3.63, 3.8) is 0 Å². The number of amides is 1. The van der Waals surface area contributed by atoms with Crippen LogP contribution in [-0.2, 0) is 9.59 Å². The third kappa shape index (κ3) is 3.63. The second-order valence-corrected chi connectivity index (χ2v) is 5.87. The molecule has 0 bridgehead atoms. The molecule has 1 saturated carbocycles. The number of hydrogen-bond acceptors (Lipinski definition) is 3. The molecule has 3 atom stereocenters. The van der Waals surface area contributed by atoms with Gasteiger partial charge in [-0.1, -0.05) is 6.92 Å². The number of carbonyl (C=O) groups excluding carboxylic acids is 1. The highest BCUT2D eigenvalue weighted by molar-refractivity contribution is 7.98. The molecule has 4 nitrogen and oxygen atoms in total. The number of rotatable bonds is 5. The topological polar surface area (TPSA) is 57.6 Å². The largest absolute Gasteiger partial charge is 0.481 e. The summed E-state index contributed by atoms with van der Waals surface area (Å²) < 4.78 is 0. The van der Waals surface area contributed by atoms with Gasteiger partial charge in [0, 0.05) is 19.3 Å². The van der Waals surface area contributed by atoms with Crippen molar-refractivity contribution in [2.45, 2.75) is 19.8 Å². The minimum Gasteiger partial charge on any atom is -0.481 e. The summed E-state index contributed by atoms with van der Waals surface area (Å²) >= 11 is 1.69. The van der Waals surface area contributed by atoms with Crippen molar-refractivity contribution >= 4 is 23.6 Å². The molecule has 3 unspecified atom stereocenters. The van der Waals surface area contributed by atoms with E-state index < -0.39 is 11.9 Å². The third-order valence-corrected chi connectivity index (χ3v) is 4.03. The molecule has 0 radical (unpaired) electrons. The zero-order chi connectivity index (χ0) is 13.0. The molecule has 1 aliphatic carbocycles. The Morgan fingerprint density at radius 1 is 1.35 bits per heavy atom. The minimum atomic E-state index is -0.828. The van der Waals surface area contributed by atoms with E-state index in [1.54, 1.807) is 23.7 Å². The number of hydrogen-bond donors (Lipinski definition) is 1. The van der Waals surface area contributed by atoms with Gasteiger partial charge in [-0.3, -0.25) is 9.59 Å². The van der Waals surface area contributed by atoms with Crippen LogP contribution in [0.1, 0.15) is 19.8 Å². The maximum Gasteiger partial charge on any atom is 0.307 e. The van der Waals surface area contributed by atoms with E-state index >= 15 is 0 Å². The summed E-state index contributed by atoms with van der Waals surface area (Å²) in [6.07, 6.45) is 3.33. The van der Waals surface area contributed by atoms with E-state index in [1.165, 1.54) is 0 Å². The number of nitrogens with zero attached hydrogens (tertiary/aromatic N) is 1. The summed E-state index contributed by atoms with van der Waals surface area (Å²) in [7, 11) is 1.76. The van der Waals surface area contributed by atoms with Crippen molar-refractivity contribution in [1.82, 2.24) is 4.90 Å². The number of carbonyl (C=O) groups is 2. The lowest BCUT2D eigenvalue weighted by molar-refractivity contribution is -0.148. The quantitative estimate of drug-likeness (QED) is 0.814. The van der Waals surface area contributed by atoms with Crippen LogP contribution in [0.5, 0.6) is 0 Å². The molecule has 5 heteroatoms. The fourth-order valence-electron chi connectivity index (χ4n) is 2.46. The molecule has 0 aromatic rings. The van der Waals surface area contributed by atoms with Gasteiger partial charge in [-0.05, 0) is 25.0 Å². The zero-order valence-corrected chi connectivity index (χ0v) is 11.5. The van der Waals surface area contributed by atoms with Crippen molar-refractivity contribution in [3.8, 4) is 0 Å². The number of thioether (sulfide) groups is 1. The van der Waals surface area contributed by atoms with Gasteiger partial charge < -0.3 is 10.0 Å². The molecule has 1 amide bonds. The van der Waals surface area contributed by atoms with Gasteiger partial charge in [0.15, 0.2) is 0 Å². The van der Waals surface area contributed by atoms with E-state index in [4.69, 9.17) is 5.11 Å². The Morgan fingerprint density at radius 3 is 2.47 bits per heavy atom. The summed E-state index contributed by atoms with van der Waals surface area (Å²) in [5, 5.41) is 9.13. The second kappa shape index (κ2) is 6.28. The first-order chi connectivity index (χ1) is 7.97. The Balaban J connectivity index is 2.63. The molecule has 0 heterocycles. The molecule has 0 spiro atoms. The van der Waals surface area contributed by atoms with E-state index in [1.807, 2.05) is 13.2 Å². The average Bonchev–Trinajstić information content (AvgIpc) is 2.67. The minimum absolute atomic E-state index is 0.00389. The highest BCUT2D eigenvalue weighted by Gasteiger charge is 2.42. The number of aliphatic carboxylic acids is 1. The lowest BCUT2D eigenvalue weighted by atomic mass is 9.95. The van der Waals surface area contributed by atoms with Crippen LogP contribution >= 0.6 is 11.8 Å². The maximum atomic E-state index is 12.2. The summed E-state index contributed by atoms with van der Waals surface area (Å²) in [6, 6.07) is 0. The van der Waals surface area contributed by atoms with E-state index in [-0.39, 0.29) is 11.8 Å². The lowest BCUT2D eigenvalue weighted by Gasteiger charge is -2.23. The van der Waals surface area contributed by atoms with Gasteiger partial charge in [0.25, 0.3) is 0 Å². The first-order valence-electron chi connectivity index (χ1n) is 5.94. The summed E-state index contributed by atoms with van der Waals surface area (Å²) in [6.45, 7) is 2.71. The van der Waals surface area contributed by atoms with Gasteiger partial charge in [-0.2, -0.15) is 11.8 Å². The molecular weight excluding hydrogens is 238 g/mol. The van der Waals surface area contributed by atoms with Crippen LogP contribution in [0.15, 0.2) is 0 Å². The van der Waals surface area contributed by atoms with Crippen LogP contribution < -0.4 is 0 Å². The van der Waals surface area contributed by atoms with E-state index in [9.17, 15) is 9.59 Å². The van der Waals surface area contributed by atoms with Crippen LogP contribution in [0.25, 0.3) is 0 Å². The Morgan fingerprint density at radius 2 is 1.94 bits per heavy atom. The molecule has 0 aromatic heterocycles. The Hall–Kier alpha value is -0.710.